The molecule has 2 saturated heterocycles. The molecule has 2 amide bonds. The number of aryl methyl sites for hydroxylation is 2. The summed E-state index contributed by atoms with van der Waals surface area (Å²) in [5.41, 5.74) is 4.67. The van der Waals surface area contributed by atoms with Gasteiger partial charge in [0.1, 0.15) is 11.5 Å². The third-order valence-electron chi connectivity index (χ3n) is 10.7. The molecule has 64 heavy (non-hydrogen) atoms. The molecule has 2 aliphatic heterocycles. The number of nitrogens with one attached hydrogen (secondary N) is 2. The maximum absolute atomic E-state index is 12.4. The van der Waals surface area contributed by atoms with Crippen molar-refractivity contribution in [3.8, 4) is 11.5 Å². The summed E-state index contributed by atoms with van der Waals surface area (Å²) in [5, 5.41) is 18.3. The van der Waals surface area contributed by atoms with Gasteiger partial charge in [0.15, 0.2) is 13.2 Å². The number of nitrogens with zero attached hydrogens (tertiary/aromatic N) is 8. The van der Waals surface area contributed by atoms with E-state index in [0.29, 0.717) is 55.5 Å². The summed E-state index contributed by atoms with van der Waals surface area (Å²) in [6.45, 7) is 11.6. The number of β-amino-alcohol motifs (C(OH)–C–C–N with tert-alkyl or cyclic N) is 1. The number of aliphatic hydroxyl groups is 1. The number of likely N-dealkylation sites (N-methyl/N-ethyl adjacent to an activating group) is 1. The Morgan fingerprint density at radius 3 is 1.47 bits per heavy atom. The Hall–Kier alpha value is -5.26. The van der Waals surface area contributed by atoms with Crippen LogP contribution in [0.1, 0.15) is 11.4 Å². The quantitative estimate of drug-likeness (QED) is 0.112. The van der Waals surface area contributed by atoms with E-state index in [9.17, 15) is 9.59 Å². The smallest absolute Gasteiger partial charge is 0.262 e. The Bertz CT molecular complexity index is 2630. The first-order chi connectivity index (χ1) is 30.8. The van der Waals surface area contributed by atoms with Crippen LogP contribution in [0.25, 0.3) is 21.8 Å². The molecule has 0 unspecified atom stereocenters. The molecule has 2 aromatic heterocycles. The summed E-state index contributed by atoms with van der Waals surface area (Å²) in [5.74, 6) is 1.65. The van der Waals surface area contributed by atoms with E-state index in [2.05, 4.69) is 37.3 Å². The van der Waals surface area contributed by atoms with Crippen LogP contribution in [0.2, 0.25) is 20.1 Å². The van der Waals surface area contributed by atoms with E-state index in [4.69, 9.17) is 80.9 Å². The number of anilines is 4. The second kappa shape index (κ2) is 21.6. The van der Waals surface area contributed by atoms with Gasteiger partial charge >= 0.3 is 0 Å². The summed E-state index contributed by atoms with van der Waals surface area (Å²) in [6, 6.07) is 20.8. The second-order valence-corrected chi connectivity index (χ2v) is 17.0. The molecule has 3 N–H and O–H groups in total. The number of ether oxygens (including phenoxy) is 2. The van der Waals surface area contributed by atoms with Gasteiger partial charge in [-0.05, 0) is 93.7 Å². The minimum atomic E-state index is -0.309. The molecule has 4 heterocycles. The van der Waals surface area contributed by atoms with Crippen LogP contribution < -0.4 is 29.9 Å². The lowest BCUT2D eigenvalue weighted by Gasteiger charge is -2.34. The fourth-order valence-corrected chi connectivity index (χ4v) is 8.08. The number of aliphatic hydroxyl groups excluding tert-OH is 1. The van der Waals surface area contributed by atoms with Crippen LogP contribution in [0.4, 0.5) is 23.3 Å². The average Bonchev–Trinajstić information content (AvgIpc) is 3.27. The number of carbonyl (C=O) groups excluding carboxylic acids is 2. The molecular formula is C45H48Cl4N10O5. The minimum absolute atomic E-state index is 0.169. The van der Waals surface area contributed by atoms with Crippen molar-refractivity contribution in [2.24, 2.45) is 0 Å². The monoisotopic (exact) mass is 948 g/mol. The van der Waals surface area contributed by atoms with Crippen molar-refractivity contribution in [2.75, 3.05) is 106 Å². The predicted molar refractivity (Wildman–Crippen MR) is 255 cm³/mol. The summed E-state index contributed by atoms with van der Waals surface area (Å²) < 4.78 is 11.0. The third kappa shape index (κ3) is 12.3. The predicted octanol–water partition coefficient (Wildman–Crippen LogP) is 7.39. The summed E-state index contributed by atoms with van der Waals surface area (Å²) >= 11 is 23.9. The maximum Gasteiger partial charge on any atom is 0.262 e. The lowest BCUT2D eigenvalue weighted by atomic mass is 10.1. The zero-order chi connectivity index (χ0) is 45.3. The molecule has 0 spiro atoms. The normalized spacial score (nSPS) is 14.6. The van der Waals surface area contributed by atoms with Gasteiger partial charge in [-0.3, -0.25) is 14.5 Å². The standard InChI is InChI=1S/C23H25Cl2N5O3.C22H23Cl2N5O2/c1-15-18-13-17(27-22(32)14-33-21-5-2-16(24)12-19(21)25)3-4-20(18)28-23(26-15)30-8-6-29(7-9-30)10-11-31;1-14-17-12-16(26-21(30)13-31-20-6-3-15(23)11-18(20)24)4-5-19(17)27-22(25-14)29-9-7-28(2)8-10-29/h2-5,12-13,31H,6-11,14H2,1H3,(H,27,32);3-6,11-12H,7-10,13H2,1-2H3,(H,26,30). The van der Waals surface area contributed by atoms with E-state index in [0.717, 1.165) is 91.5 Å². The van der Waals surface area contributed by atoms with Crippen LogP contribution in [-0.4, -0.2) is 132 Å². The fraction of sp³-hybridized carbons (Fsp3) is 0.333. The van der Waals surface area contributed by atoms with Crippen molar-refractivity contribution in [2.45, 2.75) is 13.8 Å². The largest absolute Gasteiger partial charge is 0.482 e. The topological polar surface area (TPSA) is 161 Å². The number of carbonyl (C=O) groups is 2. The number of piperazine rings is 2. The molecule has 2 aliphatic rings. The number of benzene rings is 4. The minimum Gasteiger partial charge on any atom is -0.482 e. The highest BCUT2D eigenvalue weighted by atomic mass is 35.5. The molecule has 0 radical (unpaired) electrons. The van der Waals surface area contributed by atoms with Crippen molar-refractivity contribution >= 4 is 103 Å². The van der Waals surface area contributed by atoms with E-state index >= 15 is 0 Å². The van der Waals surface area contributed by atoms with Crippen LogP contribution in [-0.2, 0) is 9.59 Å². The van der Waals surface area contributed by atoms with E-state index in [1.807, 2.05) is 50.2 Å². The lowest BCUT2D eigenvalue weighted by molar-refractivity contribution is -0.118. The van der Waals surface area contributed by atoms with Crippen molar-refractivity contribution in [1.82, 2.24) is 29.7 Å². The number of hydrogen-bond acceptors (Lipinski definition) is 13. The van der Waals surface area contributed by atoms with Crippen LogP contribution in [0.15, 0.2) is 72.8 Å². The summed E-state index contributed by atoms with van der Waals surface area (Å²) in [4.78, 5) is 52.4. The lowest BCUT2D eigenvalue weighted by Crippen LogP contribution is -2.47. The van der Waals surface area contributed by atoms with Crippen molar-refractivity contribution in [3.05, 3.63) is 104 Å². The van der Waals surface area contributed by atoms with Gasteiger partial charge in [0, 0.05) is 91.1 Å². The molecule has 4 aromatic carbocycles. The van der Waals surface area contributed by atoms with E-state index in [1.165, 1.54) is 0 Å². The Labute approximate surface area is 391 Å². The van der Waals surface area contributed by atoms with Crippen molar-refractivity contribution < 1.29 is 24.2 Å². The summed E-state index contributed by atoms with van der Waals surface area (Å²) in [7, 11) is 2.12. The first kappa shape index (κ1) is 46.7. The highest BCUT2D eigenvalue weighted by molar-refractivity contribution is 6.36. The number of aromatic nitrogens is 4. The van der Waals surface area contributed by atoms with E-state index in [-0.39, 0.29) is 31.6 Å². The van der Waals surface area contributed by atoms with Crippen LogP contribution in [0, 0.1) is 13.8 Å². The number of amides is 2. The number of halogens is 4. The van der Waals surface area contributed by atoms with Gasteiger partial charge in [0.05, 0.1) is 39.1 Å². The SMILES string of the molecule is Cc1nc(N2CCN(C)CC2)nc2ccc(NC(=O)COc3ccc(Cl)cc3Cl)cc12.Cc1nc(N2CCN(CCO)CC2)nc2ccc(NC(=O)COc3ccc(Cl)cc3Cl)cc12. The van der Waals surface area contributed by atoms with Crippen LogP contribution in [0.5, 0.6) is 11.5 Å². The first-order valence-corrected chi connectivity index (χ1v) is 22.2. The average molecular weight is 951 g/mol. The zero-order valence-corrected chi connectivity index (χ0v) is 38.6. The molecule has 0 bridgehead atoms. The molecule has 6 aromatic rings. The molecular weight excluding hydrogens is 902 g/mol. The van der Waals surface area contributed by atoms with Gasteiger partial charge in [-0.2, -0.15) is 0 Å². The second-order valence-electron chi connectivity index (χ2n) is 15.3. The van der Waals surface area contributed by atoms with Crippen molar-refractivity contribution in [1.29, 1.82) is 0 Å². The third-order valence-corrected chi connectivity index (χ3v) is 11.7. The zero-order valence-electron chi connectivity index (χ0n) is 35.6. The molecule has 15 nitrogen and oxygen atoms in total. The van der Waals surface area contributed by atoms with E-state index in [1.54, 1.807) is 36.4 Å². The number of fused-ring (bicyclic) bond motifs is 2. The van der Waals surface area contributed by atoms with Gasteiger partial charge < -0.3 is 39.9 Å². The Morgan fingerprint density at radius 2 is 1.05 bits per heavy atom. The highest BCUT2D eigenvalue weighted by Crippen LogP contribution is 2.30. The number of rotatable bonds is 12. The Balaban J connectivity index is 0.000000192. The first-order valence-electron chi connectivity index (χ1n) is 20.7. The molecule has 0 aliphatic carbocycles. The molecule has 0 atom stereocenters. The van der Waals surface area contributed by atoms with Gasteiger partial charge in [-0.1, -0.05) is 46.4 Å². The molecule has 8 rings (SSSR count). The molecule has 0 saturated carbocycles. The molecule has 2 fully saturated rings. The highest BCUT2D eigenvalue weighted by Gasteiger charge is 2.21. The summed E-state index contributed by atoms with van der Waals surface area (Å²) in [6.07, 6.45) is 0. The van der Waals surface area contributed by atoms with Gasteiger partial charge in [0.25, 0.3) is 11.8 Å². The van der Waals surface area contributed by atoms with Gasteiger partial charge in [-0.25, -0.2) is 19.9 Å². The Morgan fingerprint density at radius 1 is 0.609 bits per heavy atom. The van der Waals surface area contributed by atoms with E-state index < -0.39 is 0 Å². The van der Waals surface area contributed by atoms with Crippen LogP contribution >= 0.6 is 46.4 Å². The molecule has 19 heteroatoms. The number of hydrogen-bond donors (Lipinski definition) is 3. The van der Waals surface area contributed by atoms with Crippen molar-refractivity contribution in [3.63, 3.8) is 0 Å². The van der Waals surface area contributed by atoms with Gasteiger partial charge in [0.2, 0.25) is 11.9 Å². The maximum atomic E-state index is 12.4. The van der Waals surface area contributed by atoms with Crippen LogP contribution in [0.3, 0.4) is 0 Å². The fourth-order valence-electron chi connectivity index (χ4n) is 7.16. The molecule has 336 valence electrons. The Kier molecular flexibility index (Phi) is 15.8. The van der Waals surface area contributed by atoms with Gasteiger partial charge in [-0.15, -0.1) is 0 Å².